The van der Waals surface area contributed by atoms with E-state index in [4.69, 9.17) is 5.26 Å². The molecule has 3 nitrogen and oxygen atoms in total. The van der Waals surface area contributed by atoms with Crippen LogP contribution in [0.2, 0.25) is 0 Å². The number of nitrogens with one attached hydrogen (secondary N) is 1. The molecule has 1 atom stereocenters. The third kappa shape index (κ3) is 3.17. The lowest BCUT2D eigenvalue weighted by Gasteiger charge is -2.17. The summed E-state index contributed by atoms with van der Waals surface area (Å²) in [5.74, 6) is 0. The van der Waals surface area contributed by atoms with Gasteiger partial charge in [0.1, 0.15) is 11.8 Å². The van der Waals surface area contributed by atoms with Gasteiger partial charge < -0.3 is 9.88 Å². The Morgan fingerprint density at radius 1 is 1.24 bits per heavy atom. The van der Waals surface area contributed by atoms with Crippen molar-refractivity contribution in [1.29, 1.82) is 5.26 Å². The van der Waals surface area contributed by atoms with E-state index in [1.165, 1.54) is 22.3 Å². The van der Waals surface area contributed by atoms with Crippen LogP contribution in [-0.4, -0.2) is 4.57 Å². The highest BCUT2D eigenvalue weighted by Crippen LogP contribution is 2.20. The van der Waals surface area contributed by atoms with E-state index in [9.17, 15) is 0 Å². The summed E-state index contributed by atoms with van der Waals surface area (Å²) in [6.07, 6.45) is 0. The summed E-state index contributed by atoms with van der Waals surface area (Å²) in [5, 5.41) is 12.6. The molecular weight excluding hydrogens is 258 g/mol. The van der Waals surface area contributed by atoms with Crippen molar-refractivity contribution in [2.24, 2.45) is 7.05 Å². The Kier molecular flexibility index (Phi) is 4.50. The van der Waals surface area contributed by atoms with Crippen LogP contribution in [0.5, 0.6) is 0 Å². The molecular formula is C18H23N3. The van der Waals surface area contributed by atoms with Gasteiger partial charge in [-0.15, -0.1) is 0 Å². The third-order valence-corrected chi connectivity index (χ3v) is 4.25. The van der Waals surface area contributed by atoms with Crippen molar-refractivity contribution in [3.05, 3.63) is 57.9 Å². The maximum absolute atomic E-state index is 9.08. The van der Waals surface area contributed by atoms with Crippen molar-refractivity contribution in [3.63, 3.8) is 0 Å². The van der Waals surface area contributed by atoms with Gasteiger partial charge in [0.05, 0.1) is 0 Å². The van der Waals surface area contributed by atoms with E-state index in [2.05, 4.69) is 57.3 Å². The molecule has 0 fully saturated rings. The van der Waals surface area contributed by atoms with Crippen molar-refractivity contribution in [2.75, 3.05) is 0 Å². The smallest absolute Gasteiger partial charge is 0.120 e. The van der Waals surface area contributed by atoms with Crippen molar-refractivity contribution < 1.29 is 0 Å². The third-order valence-electron chi connectivity index (χ3n) is 4.25. The molecule has 0 radical (unpaired) electrons. The summed E-state index contributed by atoms with van der Waals surface area (Å²) in [6, 6.07) is 11.1. The highest BCUT2D eigenvalue weighted by Gasteiger charge is 2.11. The van der Waals surface area contributed by atoms with Crippen LogP contribution in [0.15, 0.2) is 24.3 Å². The lowest BCUT2D eigenvalue weighted by molar-refractivity contribution is 0.570. The van der Waals surface area contributed by atoms with E-state index in [1.807, 2.05) is 17.7 Å². The van der Waals surface area contributed by atoms with E-state index < -0.39 is 0 Å². The fraction of sp³-hybridized carbons (Fsp3) is 0.389. The summed E-state index contributed by atoms with van der Waals surface area (Å²) < 4.78 is 1.94. The van der Waals surface area contributed by atoms with E-state index in [0.717, 1.165) is 12.2 Å². The van der Waals surface area contributed by atoms with Gasteiger partial charge in [-0.2, -0.15) is 5.26 Å². The van der Waals surface area contributed by atoms with Gasteiger partial charge in [-0.3, -0.25) is 0 Å². The maximum atomic E-state index is 9.08. The van der Waals surface area contributed by atoms with Crippen LogP contribution in [-0.2, 0) is 13.6 Å². The molecule has 1 heterocycles. The Morgan fingerprint density at radius 3 is 2.52 bits per heavy atom. The predicted octanol–water partition coefficient (Wildman–Crippen LogP) is 3.67. The lowest BCUT2D eigenvalue weighted by atomic mass is 10.00. The van der Waals surface area contributed by atoms with Gasteiger partial charge in [-0.25, -0.2) is 0 Å². The second-order valence-electron chi connectivity index (χ2n) is 5.77. The molecule has 0 saturated heterocycles. The highest BCUT2D eigenvalue weighted by atomic mass is 15.0. The van der Waals surface area contributed by atoms with Crippen molar-refractivity contribution >= 4 is 0 Å². The van der Waals surface area contributed by atoms with Crippen LogP contribution < -0.4 is 5.32 Å². The van der Waals surface area contributed by atoms with Crippen LogP contribution in [0.25, 0.3) is 0 Å². The lowest BCUT2D eigenvalue weighted by Crippen LogP contribution is -2.19. The summed E-state index contributed by atoms with van der Waals surface area (Å²) in [7, 11) is 1.94. The molecule has 0 saturated carbocycles. The zero-order chi connectivity index (χ0) is 15.6. The maximum Gasteiger partial charge on any atom is 0.120 e. The first-order valence-corrected chi connectivity index (χ1v) is 7.30. The molecule has 0 amide bonds. The molecule has 1 N–H and O–H groups in total. The normalized spacial score (nSPS) is 12.2. The van der Waals surface area contributed by atoms with Gasteiger partial charge >= 0.3 is 0 Å². The SMILES string of the molecule is Cc1ccc(C(C)NCc2cc(C#N)n(C)c2C)c(C)c1. The predicted molar refractivity (Wildman–Crippen MR) is 86.0 cm³/mol. The highest BCUT2D eigenvalue weighted by molar-refractivity contribution is 5.35. The van der Waals surface area contributed by atoms with Crippen molar-refractivity contribution in [1.82, 2.24) is 9.88 Å². The average molecular weight is 281 g/mol. The molecule has 1 aromatic carbocycles. The first kappa shape index (κ1) is 15.3. The van der Waals surface area contributed by atoms with Gasteiger partial charge in [0, 0.05) is 25.3 Å². The number of benzene rings is 1. The molecule has 3 heteroatoms. The standard InChI is InChI=1S/C18H23N3/c1-12-6-7-18(13(2)8-12)14(3)20-11-16-9-17(10-19)21(5)15(16)4/h6-9,14,20H,11H2,1-5H3. The van der Waals surface area contributed by atoms with Gasteiger partial charge in [0.15, 0.2) is 0 Å². The number of nitrogens with zero attached hydrogens (tertiary/aromatic N) is 2. The molecule has 0 bridgehead atoms. The quantitative estimate of drug-likeness (QED) is 0.929. The van der Waals surface area contributed by atoms with Crippen molar-refractivity contribution in [2.45, 2.75) is 40.3 Å². The first-order valence-electron chi connectivity index (χ1n) is 7.30. The minimum absolute atomic E-state index is 0.288. The van der Waals surface area contributed by atoms with Crippen LogP contribution in [0.4, 0.5) is 0 Å². The topological polar surface area (TPSA) is 40.8 Å². The monoisotopic (exact) mass is 281 g/mol. The number of hydrogen-bond donors (Lipinski definition) is 1. The number of aromatic nitrogens is 1. The van der Waals surface area contributed by atoms with Gasteiger partial charge in [0.25, 0.3) is 0 Å². The van der Waals surface area contributed by atoms with Crippen molar-refractivity contribution in [3.8, 4) is 6.07 Å². The fourth-order valence-corrected chi connectivity index (χ4v) is 2.73. The van der Waals surface area contributed by atoms with Crippen LogP contribution in [0.1, 0.15) is 46.6 Å². The zero-order valence-corrected chi connectivity index (χ0v) is 13.5. The molecule has 0 aliphatic carbocycles. The zero-order valence-electron chi connectivity index (χ0n) is 13.5. The molecule has 110 valence electrons. The second-order valence-corrected chi connectivity index (χ2v) is 5.77. The molecule has 0 aliphatic rings. The van der Waals surface area contributed by atoms with Crippen LogP contribution in [0.3, 0.4) is 0 Å². The Labute approximate surface area is 127 Å². The molecule has 0 aliphatic heterocycles. The number of nitriles is 1. The van der Waals surface area contributed by atoms with E-state index >= 15 is 0 Å². The Balaban J connectivity index is 2.11. The molecule has 1 aromatic heterocycles. The fourth-order valence-electron chi connectivity index (χ4n) is 2.73. The summed E-state index contributed by atoms with van der Waals surface area (Å²) in [4.78, 5) is 0. The first-order chi connectivity index (χ1) is 9.93. The average Bonchev–Trinajstić information content (AvgIpc) is 2.72. The molecule has 1 unspecified atom stereocenters. The Bertz CT molecular complexity index is 689. The van der Waals surface area contributed by atoms with E-state index in [0.29, 0.717) is 5.69 Å². The van der Waals surface area contributed by atoms with Crippen LogP contribution in [0, 0.1) is 32.1 Å². The molecule has 2 rings (SSSR count). The number of hydrogen-bond acceptors (Lipinski definition) is 2. The molecule has 21 heavy (non-hydrogen) atoms. The summed E-state index contributed by atoms with van der Waals surface area (Å²) in [5.41, 5.74) is 6.98. The van der Waals surface area contributed by atoms with E-state index in [1.54, 1.807) is 0 Å². The van der Waals surface area contributed by atoms with E-state index in [-0.39, 0.29) is 6.04 Å². The molecule has 0 spiro atoms. The molecule has 2 aromatic rings. The van der Waals surface area contributed by atoms with Gasteiger partial charge in [-0.05, 0) is 50.5 Å². The summed E-state index contributed by atoms with van der Waals surface area (Å²) in [6.45, 7) is 9.28. The van der Waals surface area contributed by atoms with Gasteiger partial charge in [0.2, 0.25) is 0 Å². The summed E-state index contributed by atoms with van der Waals surface area (Å²) >= 11 is 0. The van der Waals surface area contributed by atoms with Crippen LogP contribution >= 0.6 is 0 Å². The Morgan fingerprint density at radius 2 is 1.95 bits per heavy atom. The minimum Gasteiger partial charge on any atom is -0.340 e. The van der Waals surface area contributed by atoms with Gasteiger partial charge in [-0.1, -0.05) is 23.8 Å². The number of rotatable bonds is 4. The Hall–Kier alpha value is -2.05. The second kappa shape index (κ2) is 6.15. The largest absolute Gasteiger partial charge is 0.340 e. The minimum atomic E-state index is 0.288. The number of aryl methyl sites for hydroxylation is 2.